The van der Waals surface area contributed by atoms with E-state index in [9.17, 15) is 23.7 Å². The number of alkyl halides is 2. The minimum absolute atomic E-state index is 0.0731. The van der Waals surface area contributed by atoms with Crippen molar-refractivity contribution in [2.75, 3.05) is 18.0 Å². The third-order valence-corrected chi connectivity index (χ3v) is 3.18. The third-order valence-electron chi connectivity index (χ3n) is 3.18. The number of nitrogens with one attached hydrogen (secondary N) is 1. The summed E-state index contributed by atoms with van der Waals surface area (Å²) in [6.07, 6.45) is -0.416. The highest BCUT2D eigenvalue weighted by atomic mass is 19.3. The molecular weight excluding hydrogens is 290 g/mol. The molecule has 21 heavy (non-hydrogen) atoms. The second-order valence-electron chi connectivity index (χ2n) is 4.61. The second kappa shape index (κ2) is 5.46. The minimum Gasteiger partial charge on any atom is -0.465 e. The summed E-state index contributed by atoms with van der Waals surface area (Å²) in [6, 6.07) is 1.03. The minimum atomic E-state index is -3.24. The molecular formula is C11H12F2N4O4. The van der Waals surface area contributed by atoms with Gasteiger partial charge in [-0.15, -0.1) is 0 Å². The molecule has 1 aromatic rings. The smallest absolute Gasteiger partial charge is 0.405 e. The first-order valence-corrected chi connectivity index (χ1v) is 6.02. The van der Waals surface area contributed by atoms with Crippen LogP contribution in [0.25, 0.3) is 0 Å². The maximum absolute atomic E-state index is 13.9. The molecule has 0 saturated carbocycles. The predicted molar refractivity (Wildman–Crippen MR) is 67.6 cm³/mol. The number of amides is 1. The summed E-state index contributed by atoms with van der Waals surface area (Å²) >= 11 is 0. The van der Waals surface area contributed by atoms with Gasteiger partial charge in [-0.05, 0) is 22.4 Å². The Morgan fingerprint density at radius 1 is 1.57 bits per heavy atom. The first-order chi connectivity index (χ1) is 9.79. The highest BCUT2D eigenvalue weighted by Gasteiger charge is 2.45. The molecule has 10 heteroatoms. The molecule has 2 N–H and O–H groups in total. The Balaban J connectivity index is 2.10. The lowest BCUT2D eigenvalue weighted by atomic mass is 10.0. The van der Waals surface area contributed by atoms with Crippen molar-refractivity contribution in [3.05, 3.63) is 28.4 Å². The number of aromatic nitrogens is 1. The van der Waals surface area contributed by atoms with Gasteiger partial charge in [-0.1, -0.05) is 0 Å². The fourth-order valence-electron chi connectivity index (χ4n) is 2.16. The van der Waals surface area contributed by atoms with Crippen LogP contribution >= 0.6 is 0 Å². The Kier molecular flexibility index (Phi) is 3.87. The number of halogens is 2. The van der Waals surface area contributed by atoms with Crippen LogP contribution in [0.5, 0.6) is 0 Å². The van der Waals surface area contributed by atoms with Crippen molar-refractivity contribution < 1.29 is 23.6 Å². The number of carboxylic acid groups (broad SMARTS) is 1. The standard InChI is InChI=1S/C11H12F2N4O4/c12-11(13)6-16(4-3-8(11)15-10(18)19)7-1-2-9(14-5-7)17(20)21/h1-2,5,8,15H,3-4,6H2,(H,18,19). The third kappa shape index (κ3) is 3.33. The van der Waals surface area contributed by atoms with Gasteiger partial charge in [0.1, 0.15) is 0 Å². The van der Waals surface area contributed by atoms with Gasteiger partial charge in [-0.3, -0.25) is 0 Å². The quantitative estimate of drug-likeness (QED) is 0.646. The van der Waals surface area contributed by atoms with Crippen LogP contribution in [0.3, 0.4) is 0 Å². The van der Waals surface area contributed by atoms with E-state index in [4.69, 9.17) is 5.11 Å². The Bertz CT molecular complexity index is 552. The highest BCUT2D eigenvalue weighted by Crippen LogP contribution is 2.30. The molecule has 2 rings (SSSR count). The van der Waals surface area contributed by atoms with E-state index in [0.717, 1.165) is 12.3 Å². The van der Waals surface area contributed by atoms with E-state index in [0.29, 0.717) is 5.69 Å². The lowest BCUT2D eigenvalue weighted by Crippen LogP contribution is -2.58. The normalized spacial score (nSPS) is 20.9. The largest absolute Gasteiger partial charge is 0.465 e. The molecule has 1 aromatic heterocycles. The van der Waals surface area contributed by atoms with Crippen LogP contribution in [0.15, 0.2) is 18.3 Å². The van der Waals surface area contributed by atoms with Crippen molar-refractivity contribution in [1.82, 2.24) is 10.3 Å². The number of rotatable bonds is 3. The molecule has 1 aliphatic heterocycles. The Morgan fingerprint density at radius 3 is 2.76 bits per heavy atom. The van der Waals surface area contributed by atoms with Crippen molar-refractivity contribution in [3.63, 3.8) is 0 Å². The molecule has 2 heterocycles. The van der Waals surface area contributed by atoms with Gasteiger partial charge in [0.15, 0.2) is 6.20 Å². The topological polar surface area (TPSA) is 109 Å². The number of nitrogens with zero attached hydrogens (tertiary/aromatic N) is 3. The number of pyridine rings is 1. The summed E-state index contributed by atoms with van der Waals surface area (Å²) in [5, 5.41) is 20.8. The van der Waals surface area contributed by atoms with Crippen LogP contribution in [0.1, 0.15) is 6.42 Å². The zero-order valence-corrected chi connectivity index (χ0v) is 10.7. The maximum atomic E-state index is 13.9. The van der Waals surface area contributed by atoms with E-state index in [1.54, 1.807) is 5.32 Å². The lowest BCUT2D eigenvalue weighted by Gasteiger charge is -2.38. The van der Waals surface area contributed by atoms with E-state index < -0.39 is 29.5 Å². The van der Waals surface area contributed by atoms with Crippen LogP contribution in [-0.4, -0.2) is 46.2 Å². The molecule has 0 aliphatic carbocycles. The van der Waals surface area contributed by atoms with Gasteiger partial charge < -0.3 is 25.4 Å². The summed E-state index contributed by atoms with van der Waals surface area (Å²) < 4.78 is 27.8. The van der Waals surface area contributed by atoms with Crippen LogP contribution in [0.2, 0.25) is 0 Å². The maximum Gasteiger partial charge on any atom is 0.405 e. The lowest BCUT2D eigenvalue weighted by molar-refractivity contribution is -0.389. The first-order valence-electron chi connectivity index (χ1n) is 6.02. The SMILES string of the molecule is O=C(O)NC1CCN(c2ccc([N+](=O)[O-])nc2)CC1(F)F. The van der Waals surface area contributed by atoms with Crippen molar-refractivity contribution >= 4 is 17.6 Å². The molecule has 114 valence electrons. The Labute approximate surface area is 117 Å². The van der Waals surface area contributed by atoms with Gasteiger partial charge in [-0.25, -0.2) is 13.6 Å². The van der Waals surface area contributed by atoms with Gasteiger partial charge >= 0.3 is 11.9 Å². The highest BCUT2D eigenvalue weighted by molar-refractivity contribution is 5.65. The average molecular weight is 302 g/mol. The van der Waals surface area contributed by atoms with Crippen LogP contribution in [-0.2, 0) is 0 Å². The van der Waals surface area contributed by atoms with Gasteiger partial charge in [-0.2, -0.15) is 0 Å². The predicted octanol–water partition coefficient (Wildman–Crippen LogP) is 1.47. The monoisotopic (exact) mass is 302 g/mol. The summed E-state index contributed by atoms with van der Waals surface area (Å²) in [5.41, 5.74) is 0.328. The van der Waals surface area contributed by atoms with Crippen LogP contribution in [0.4, 0.5) is 25.1 Å². The van der Waals surface area contributed by atoms with Crippen molar-refractivity contribution in [1.29, 1.82) is 0 Å². The number of carbonyl (C=O) groups is 1. The van der Waals surface area contributed by atoms with Crippen LogP contribution < -0.4 is 10.2 Å². The number of hydrogen-bond donors (Lipinski definition) is 2. The molecule has 0 bridgehead atoms. The summed E-state index contributed by atoms with van der Waals surface area (Å²) in [7, 11) is 0. The molecule has 1 atom stereocenters. The number of nitro groups is 1. The van der Waals surface area contributed by atoms with E-state index in [-0.39, 0.29) is 18.8 Å². The first kappa shape index (κ1) is 14.9. The van der Waals surface area contributed by atoms with Gasteiger partial charge in [0.05, 0.1) is 18.3 Å². The van der Waals surface area contributed by atoms with Crippen molar-refractivity contribution in [3.8, 4) is 0 Å². The molecule has 0 radical (unpaired) electrons. The number of anilines is 1. The fraction of sp³-hybridized carbons (Fsp3) is 0.455. The van der Waals surface area contributed by atoms with Crippen LogP contribution in [0, 0.1) is 10.1 Å². The van der Waals surface area contributed by atoms with Gasteiger partial charge in [0.25, 0.3) is 5.92 Å². The second-order valence-corrected chi connectivity index (χ2v) is 4.61. The number of hydrogen-bond acceptors (Lipinski definition) is 5. The average Bonchev–Trinajstić information content (AvgIpc) is 2.40. The van der Waals surface area contributed by atoms with E-state index >= 15 is 0 Å². The summed E-state index contributed by atoms with van der Waals surface area (Å²) in [5.74, 6) is -3.61. The van der Waals surface area contributed by atoms with E-state index in [2.05, 4.69) is 4.98 Å². The summed E-state index contributed by atoms with van der Waals surface area (Å²) in [6.45, 7) is -0.489. The zero-order valence-electron chi connectivity index (χ0n) is 10.7. The zero-order chi connectivity index (χ0) is 15.6. The molecule has 1 saturated heterocycles. The molecule has 8 nitrogen and oxygen atoms in total. The summed E-state index contributed by atoms with van der Waals surface area (Å²) in [4.78, 5) is 25.2. The molecule has 0 spiro atoms. The van der Waals surface area contributed by atoms with E-state index in [1.807, 2.05) is 0 Å². The molecule has 1 aliphatic rings. The van der Waals surface area contributed by atoms with Gasteiger partial charge in [0.2, 0.25) is 0 Å². The molecule has 1 amide bonds. The van der Waals surface area contributed by atoms with Crippen molar-refractivity contribution in [2.45, 2.75) is 18.4 Å². The Morgan fingerprint density at radius 2 is 2.29 bits per heavy atom. The molecule has 0 aromatic carbocycles. The number of piperidine rings is 1. The fourth-order valence-corrected chi connectivity index (χ4v) is 2.16. The molecule has 1 fully saturated rings. The Hall–Kier alpha value is -2.52. The van der Waals surface area contributed by atoms with Gasteiger partial charge in [0, 0.05) is 12.6 Å². The van der Waals surface area contributed by atoms with Crippen molar-refractivity contribution in [2.24, 2.45) is 0 Å². The molecule has 1 unspecified atom stereocenters. The van der Waals surface area contributed by atoms with E-state index in [1.165, 1.54) is 11.0 Å².